The molecule has 5 rings (SSSR count). The van der Waals surface area contributed by atoms with Crippen molar-refractivity contribution in [3.63, 3.8) is 0 Å². The van der Waals surface area contributed by atoms with Crippen LogP contribution in [0.5, 0.6) is 0 Å². The molecule has 0 fully saturated rings. The van der Waals surface area contributed by atoms with Crippen LogP contribution in [0, 0.1) is 0 Å². The van der Waals surface area contributed by atoms with Crippen LogP contribution in [0.4, 0.5) is 0 Å². The number of rotatable bonds is 1. The molecule has 4 aromatic rings. The van der Waals surface area contributed by atoms with Crippen molar-refractivity contribution in [3.8, 4) is 0 Å². The monoisotopic (exact) mass is 392 g/mol. The summed E-state index contributed by atoms with van der Waals surface area (Å²) in [6.45, 7) is 0. The van der Waals surface area contributed by atoms with Gasteiger partial charge in [-0.05, 0) is 66.8 Å². The van der Waals surface area contributed by atoms with E-state index in [0.29, 0.717) is 11.0 Å². The molecule has 1 aliphatic rings. The van der Waals surface area contributed by atoms with Crippen LogP contribution in [0.25, 0.3) is 23.5 Å². The van der Waals surface area contributed by atoms with Gasteiger partial charge in [0.1, 0.15) is 5.31 Å². The SMILES string of the molecule is O=P(O)(O)C1=c2ccc([nH]2)=Cc2ccc([nH]2)C=c2ccc([nH]2)=Cc2ccc1[nH]2. The number of H-pyrrole nitrogens is 4. The smallest absolute Gasteiger partial charge is 0.355 e. The zero-order chi connectivity index (χ0) is 19.3. The third kappa shape index (κ3) is 3.12. The molecule has 8 heteroatoms. The summed E-state index contributed by atoms with van der Waals surface area (Å²) in [6.07, 6.45) is 5.79. The molecular formula is C20H17N4O3P. The molecule has 0 unspecified atom stereocenters. The van der Waals surface area contributed by atoms with Gasteiger partial charge in [-0.25, -0.2) is 0 Å². The standard InChI is InChI=1S/C20H17N4O3P/c25-28(26,27)20-18-7-5-16(23-18)10-14-3-1-12(21-14)9-13-2-4-15(22-13)11-17-6-8-19(20)24-17/h1-11,21-24H,(H2,25,26,27). The molecule has 1 aliphatic heterocycles. The number of hydrogen-bond donors (Lipinski definition) is 6. The second-order valence-electron chi connectivity index (χ2n) is 6.72. The van der Waals surface area contributed by atoms with Crippen LogP contribution in [-0.4, -0.2) is 29.7 Å². The molecule has 5 heterocycles. The average molecular weight is 392 g/mol. The second-order valence-corrected chi connectivity index (χ2v) is 8.25. The number of aromatic amines is 4. The third-order valence-corrected chi connectivity index (χ3v) is 5.68. The molecule has 7 nitrogen and oxygen atoms in total. The summed E-state index contributed by atoms with van der Waals surface area (Å²) in [6, 6.07) is 14.8. The van der Waals surface area contributed by atoms with Crippen LogP contribution in [0.2, 0.25) is 0 Å². The first-order valence-electron chi connectivity index (χ1n) is 8.68. The molecule has 0 atom stereocenters. The molecule has 0 spiro atoms. The van der Waals surface area contributed by atoms with Crippen LogP contribution < -0.4 is 21.4 Å². The highest BCUT2D eigenvalue weighted by atomic mass is 31.2. The maximum atomic E-state index is 12.2. The maximum absolute atomic E-state index is 12.2. The zero-order valence-corrected chi connectivity index (χ0v) is 15.5. The molecule has 0 radical (unpaired) electrons. The van der Waals surface area contributed by atoms with Gasteiger partial charge < -0.3 is 29.7 Å². The van der Waals surface area contributed by atoms with E-state index >= 15 is 0 Å². The van der Waals surface area contributed by atoms with Crippen molar-refractivity contribution in [2.75, 3.05) is 0 Å². The number of aromatic nitrogens is 4. The minimum absolute atomic E-state index is 0.0634. The topological polar surface area (TPSA) is 121 Å². The van der Waals surface area contributed by atoms with Gasteiger partial charge >= 0.3 is 7.60 Å². The molecule has 0 saturated carbocycles. The first-order chi connectivity index (χ1) is 13.4. The fourth-order valence-electron chi connectivity index (χ4n) is 3.43. The predicted molar refractivity (Wildman–Crippen MR) is 107 cm³/mol. The van der Waals surface area contributed by atoms with E-state index in [1.165, 1.54) is 0 Å². The summed E-state index contributed by atoms with van der Waals surface area (Å²) in [5.74, 6) is 0. The normalized spacial score (nSPS) is 13.6. The van der Waals surface area contributed by atoms with E-state index in [4.69, 9.17) is 0 Å². The summed E-state index contributed by atoms with van der Waals surface area (Å²) in [4.78, 5) is 32.7. The van der Waals surface area contributed by atoms with Gasteiger partial charge in [-0.1, -0.05) is 0 Å². The molecule has 140 valence electrons. The summed E-state index contributed by atoms with van der Waals surface area (Å²) >= 11 is 0. The lowest BCUT2D eigenvalue weighted by atomic mass is 10.3. The van der Waals surface area contributed by atoms with Gasteiger partial charge in [-0.3, -0.25) is 4.57 Å². The Hall–Kier alpha value is -3.25. The van der Waals surface area contributed by atoms with Crippen LogP contribution in [0.1, 0.15) is 22.8 Å². The molecule has 0 amide bonds. The minimum Gasteiger partial charge on any atom is -0.355 e. The number of fused-ring (bicyclic) bond motifs is 8. The van der Waals surface area contributed by atoms with E-state index in [-0.39, 0.29) is 5.31 Å². The van der Waals surface area contributed by atoms with Gasteiger partial charge in [0.25, 0.3) is 0 Å². The Morgan fingerprint density at radius 2 is 1.14 bits per heavy atom. The first-order valence-corrected chi connectivity index (χ1v) is 10.3. The van der Waals surface area contributed by atoms with Crippen molar-refractivity contribution in [1.82, 2.24) is 19.9 Å². The summed E-state index contributed by atoms with van der Waals surface area (Å²) in [5.41, 5.74) is 2.94. The fourth-order valence-corrected chi connectivity index (χ4v) is 4.31. The number of nitrogens with one attached hydrogen (secondary N) is 4. The summed E-state index contributed by atoms with van der Waals surface area (Å²) < 4.78 is 12.2. The lowest BCUT2D eigenvalue weighted by Gasteiger charge is -2.06. The molecule has 4 aromatic heterocycles. The highest BCUT2D eigenvalue weighted by Gasteiger charge is 2.25. The Labute approximate surface area is 158 Å². The fraction of sp³-hybridized carbons (Fsp3) is 0. The van der Waals surface area contributed by atoms with Crippen LogP contribution >= 0.6 is 7.60 Å². The predicted octanol–water partition coefficient (Wildman–Crippen LogP) is 0.133. The van der Waals surface area contributed by atoms with Crippen molar-refractivity contribution in [2.45, 2.75) is 0 Å². The van der Waals surface area contributed by atoms with Gasteiger partial charge in [-0.2, -0.15) is 0 Å². The average Bonchev–Trinajstić information content (AvgIpc) is 3.38. The molecular weight excluding hydrogens is 375 g/mol. The van der Waals surface area contributed by atoms with Gasteiger partial charge in [0.2, 0.25) is 0 Å². The van der Waals surface area contributed by atoms with E-state index in [0.717, 1.165) is 33.1 Å². The Balaban J connectivity index is 1.86. The van der Waals surface area contributed by atoms with Crippen molar-refractivity contribution in [1.29, 1.82) is 0 Å². The van der Waals surface area contributed by atoms with Gasteiger partial charge in [-0.15, -0.1) is 0 Å². The zero-order valence-electron chi connectivity index (χ0n) is 14.6. The highest BCUT2D eigenvalue weighted by Crippen LogP contribution is 2.48. The molecule has 6 N–H and O–H groups in total. The lowest BCUT2D eigenvalue weighted by molar-refractivity contribution is 0.388. The Kier molecular flexibility index (Phi) is 3.70. The second kappa shape index (κ2) is 6.14. The molecule has 0 saturated heterocycles. The Bertz CT molecular complexity index is 1480. The minimum atomic E-state index is -4.53. The van der Waals surface area contributed by atoms with E-state index in [2.05, 4.69) is 19.9 Å². The summed E-state index contributed by atoms with van der Waals surface area (Å²) in [5, 5.41) is 2.88. The van der Waals surface area contributed by atoms with E-state index < -0.39 is 7.60 Å². The van der Waals surface area contributed by atoms with Crippen LogP contribution in [-0.2, 0) is 4.57 Å². The quantitative estimate of drug-likeness (QED) is 0.258. The first kappa shape index (κ1) is 16.9. The van der Waals surface area contributed by atoms with Gasteiger partial charge in [0.05, 0.1) is 11.0 Å². The van der Waals surface area contributed by atoms with Gasteiger partial charge in [0, 0.05) is 33.1 Å². The molecule has 0 aliphatic carbocycles. The maximum Gasteiger partial charge on any atom is 0.360 e. The largest absolute Gasteiger partial charge is 0.360 e. The van der Waals surface area contributed by atoms with Crippen molar-refractivity contribution < 1.29 is 14.4 Å². The van der Waals surface area contributed by atoms with Gasteiger partial charge in [0.15, 0.2) is 0 Å². The Morgan fingerprint density at radius 1 is 0.607 bits per heavy atom. The Morgan fingerprint density at radius 3 is 1.79 bits per heavy atom. The van der Waals surface area contributed by atoms with Crippen molar-refractivity contribution >= 4 is 31.1 Å². The summed E-state index contributed by atoms with van der Waals surface area (Å²) in [7, 11) is -4.53. The van der Waals surface area contributed by atoms with E-state index in [1.54, 1.807) is 24.3 Å². The number of hydrogen-bond acceptors (Lipinski definition) is 1. The third-order valence-electron chi connectivity index (χ3n) is 4.61. The van der Waals surface area contributed by atoms with E-state index in [1.807, 2.05) is 42.5 Å². The molecule has 28 heavy (non-hydrogen) atoms. The lowest BCUT2D eigenvalue weighted by Crippen LogP contribution is -2.14. The van der Waals surface area contributed by atoms with Crippen LogP contribution in [0.15, 0.2) is 48.5 Å². The van der Waals surface area contributed by atoms with Crippen LogP contribution in [0.3, 0.4) is 0 Å². The molecule has 8 bridgehead atoms. The molecule has 0 aromatic carbocycles. The van der Waals surface area contributed by atoms with Crippen molar-refractivity contribution in [3.05, 3.63) is 92.7 Å². The van der Waals surface area contributed by atoms with Crippen molar-refractivity contribution in [2.24, 2.45) is 0 Å². The highest BCUT2D eigenvalue weighted by molar-refractivity contribution is 7.63. The van der Waals surface area contributed by atoms with E-state index in [9.17, 15) is 14.4 Å².